The van der Waals surface area contributed by atoms with Crippen molar-refractivity contribution in [3.63, 3.8) is 0 Å². The number of aromatic nitrogens is 3. The van der Waals surface area contributed by atoms with Gasteiger partial charge in [-0.3, -0.25) is 0 Å². The zero-order valence-electron chi connectivity index (χ0n) is 16.2. The van der Waals surface area contributed by atoms with Crippen molar-refractivity contribution in [3.8, 4) is 6.07 Å². The fourth-order valence-corrected chi connectivity index (χ4v) is 3.34. The van der Waals surface area contributed by atoms with Gasteiger partial charge in [0.05, 0.1) is 11.6 Å². The van der Waals surface area contributed by atoms with Crippen molar-refractivity contribution in [2.75, 3.05) is 23.3 Å². The molecule has 0 spiro atoms. The molecule has 0 bridgehead atoms. The van der Waals surface area contributed by atoms with E-state index in [4.69, 9.17) is 28.5 Å². The topological polar surface area (TPSA) is 77.7 Å². The lowest BCUT2D eigenvalue weighted by atomic mass is 10.1. The average molecular weight is 427 g/mol. The molecule has 0 aliphatic carbocycles. The van der Waals surface area contributed by atoms with Crippen LogP contribution in [0.2, 0.25) is 10.0 Å². The van der Waals surface area contributed by atoms with Crippen molar-refractivity contribution in [1.29, 1.82) is 5.26 Å². The van der Waals surface area contributed by atoms with Crippen molar-refractivity contribution in [1.82, 2.24) is 15.0 Å². The lowest BCUT2D eigenvalue weighted by Gasteiger charge is -2.20. The van der Waals surface area contributed by atoms with E-state index in [1.165, 1.54) is 0 Å². The largest absolute Gasteiger partial charge is 0.341 e. The molecule has 0 unspecified atom stereocenters. The van der Waals surface area contributed by atoms with E-state index in [1.54, 1.807) is 30.3 Å². The molecule has 2 aromatic carbocycles. The van der Waals surface area contributed by atoms with Gasteiger partial charge in [0, 0.05) is 35.2 Å². The number of nitrogens with zero attached hydrogens (tertiary/aromatic N) is 5. The highest BCUT2D eigenvalue weighted by atomic mass is 35.5. The Bertz CT molecular complexity index is 1010. The molecule has 0 saturated heterocycles. The fraction of sp³-hybridized carbons (Fsp3) is 0.238. The van der Waals surface area contributed by atoms with E-state index in [0.29, 0.717) is 39.8 Å². The molecule has 0 aliphatic rings. The van der Waals surface area contributed by atoms with Gasteiger partial charge in [0.1, 0.15) is 5.82 Å². The molecule has 1 aromatic heterocycles. The quantitative estimate of drug-likeness (QED) is 0.556. The third kappa shape index (κ3) is 5.14. The molecule has 29 heavy (non-hydrogen) atoms. The Morgan fingerprint density at radius 3 is 2.21 bits per heavy atom. The smallest absolute Gasteiger partial charge is 0.232 e. The SMILES string of the molecule is CCN(CC)c1nc(Cc2c(Cl)cccc2Cl)nc(Nc2ccc(C#N)cc2)n1. The first-order chi connectivity index (χ1) is 14.0. The maximum Gasteiger partial charge on any atom is 0.232 e. The third-order valence-electron chi connectivity index (χ3n) is 4.38. The number of nitrogens with one attached hydrogen (secondary N) is 1. The zero-order valence-corrected chi connectivity index (χ0v) is 17.7. The summed E-state index contributed by atoms with van der Waals surface area (Å²) in [4.78, 5) is 15.8. The Morgan fingerprint density at radius 2 is 1.62 bits per heavy atom. The van der Waals surface area contributed by atoms with Gasteiger partial charge in [0.25, 0.3) is 0 Å². The van der Waals surface area contributed by atoms with Gasteiger partial charge in [-0.15, -0.1) is 0 Å². The summed E-state index contributed by atoms with van der Waals surface area (Å²) in [7, 11) is 0. The Hall–Kier alpha value is -2.88. The van der Waals surface area contributed by atoms with Gasteiger partial charge in [-0.2, -0.15) is 20.2 Å². The number of hydrogen-bond acceptors (Lipinski definition) is 6. The summed E-state index contributed by atoms with van der Waals surface area (Å²) in [6.45, 7) is 5.63. The predicted octanol–water partition coefficient (Wildman–Crippen LogP) is 5.23. The number of anilines is 3. The maximum absolute atomic E-state index is 8.96. The van der Waals surface area contributed by atoms with Gasteiger partial charge in [-0.05, 0) is 55.8 Å². The Kier molecular flexibility index (Phi) is 6.86. The van der Waals surface area contributed by atoms with Gasteiger partial charge in [0.15, 0.2) is 0 Å². The fourth-order valence-electron chi connectivity index (χ4n) is 2.81. The minimum absolute atomic E-state index is 0.386. The first kappa shape index (κ1) is 20.8. The van der Waals surface area contributed by atoms with Gasteiger partial charge in [-0.25, -0.2) is 0 Å². The summed E-state index contributed by atoms with van der Waals surface area (Å²) in [5.74, 6) is 1.57. The van der Waals surface area contributed by atoms with Crippen LogP contribution in [-0.2, 0) is 6.42 Å². The second-order valence-corrected chi connectivity index (χ2v) is 7.05. The molecule has 148 valence electrons. The van der Waals surface area contributed by atoms with E-state index in [9.17, 15) is 0 Å². The summed E-state index contributed by atoms with van der Waals surface area (Å²) in [6.07, 6.45) is 0.386. The highest BCUT2D eigenvalue weighted by Crippen LogP contribution is 2.27. The third-order valence-corrected chi connectivity index (χ3v) is 5.09. The van der Waals surface area contributed by atoms with Gasteiger partial charge in [-0.1, -0.05) is 29.3 Å². The molecule has 1 N–H and O–H groups in total. The molecule has 0 saturated carbocycles. The second-order valence-electron chi connectivity index (χ2n) is 6.24. The average Bonchev–Trinajstić information content (AvgIpc) is 2.72. The van der Waals surface area contributed by atoms with Crippen LogP contribution in [0.1, 0.15) is 30.8 Å². The summed E-state index contributed by atoms with van der Waals surface area (Å²) in [5, 5.41) is 13.3. The molecule has 0 atom stereocenters. The molecular weight excluding hydrogens is 407 g/mol. The highest BCUT2D eigenvalue weighted by molar-refractivity contribution is 6.36. The predicted molar refractivity (Wildman–Crippen MR) is 117 cm³/mol. The van der Waals surface area contributed by atoms with Crippen molar-refractivity contribution < 1.29 is 0 Å². The molecule has 0 aliphatic heterocycles. The molecular formula is C21H20Cl2N6. The van der Waals surface area contributed by atoms with Crippen molar-refractivity contribution >= 4 is 40.8 Å². The summed E-state index contributed by atoms with van der Waals surface area (Å²) < 4.78 is 0. The lowest BCUT2D eigenvalue weighted by molar-refractivity contribution is 0.796. The van der Waals surface area contributed by atoms with Crippen LogP contribution in [0.5, 0.6) is 0 Å². The molecule has 1 heterocycles. The standard InChI is InChI=1S/C21H20Cl2N6/c1-3-29(4-2)21-27-19(12-16-17(22)6-5-7-18(16)23)26-20(28-21)25-15-10-8-14(13-24)9-11-15/h5-11H,3-4,12H2,1-2H3,(H,25,26,27,28). The monoisotopic (exact) mass is 426 g/mol. The van der Waals surface area contributed by atoms with Crippen LogP contribution >= 0.6 is 23.2 Å². The highest BCUT2D eigenvalue weighted by Gasteiger charge is 2.14. The molecule has 0 fully saturated rings. The number of benzene rings is 2. The Balaban J connectivity index is 1.97. The van der Waals surface area contributed by atoms with E-state index >= 15 is 0 Å². The van der Waals surface area contributed by atoms with Crippen LogP contribution < -0.4 is 10.2 Å². The molecule has 3 rings (SSSR count). The van der Waals surface area contributed by atoms with Crippen LogP contribution in [0.4, 0.5) is 17.6 Å². The number of rotatable bonds is 7. The lowest BCUT2D eigenvalue weighted by Crippen LogP contribution is -2.25. The van der Waals surface area contributed by atoms with Crippen LogP contribution in [0.15, 0.2) is 42.5 Å². The maximum atomic E-state index is 8.96. The zero-order chi connectivity index (χ0) is 20.8. The summed E-state index contributed by atoms with van der Waals surface area (Å²) in [5.41, 5.74) is 2.14. The summed E-state index contributed by atoms with van der Waals surface area (Å²) in [6, 6.07) is 14.6. The van der Waals surface area contributed by atoms with Crippen molar-refractivity contribution in [2.24, 2.45) is 0 Å². The molecule has 3 aromatic rings. The summed E-state index contributed by atoms with van der Waals surface area (Å²) >= 11 is 12.7. The van der Waals surface area contributed by atoms with E-state index in [0.717, 1.165) is 24.3 Å². The molecule has 0 amide bonds. The molecule has 8 heteroatoms. The minimum atomic E-state index is 0.386. The van der Waals surface area contributed by atoms with Crippen LogP contribution in [0.25, 0.3) is 0 Å². The Labute approximate surface area is 180 Å². The van der Waals surface area contributed by atoms with E-state index in [-0.39, 0.29) is 0 Å². The van der Waals surface area contributed by atoms with Crippen molar-refractivity contribution in [2.45, 2.75) is 20.3 Å². The van der Waals surface area contributed by atoms with Gasteiger partial charge >= 0.3 is 0 Å². The van der Waals surface area contributed by atoms with Crippen molar-refractivity contribution in [3.05, 3.63) is 69.5 Å². The minimum Gasteiger partial charge on any atom is -0.341 e. The van der Waals surface area contributed by atoms with E-state index in [1.807, 2.05) is 30.9 Å². The van der Waals surface area contributed by atoms with Crippen LogP contribution in [-0.4, -0.2) is 28.0 Å². The van der Waals surface area contributed by atoms with Gasteiger partial charge < -0.3 is 10.2 Å². The number of nitriles is 1. The first-order valence-corrected chi connectivity index (χ1v) is 9.99. The molecule has 0 radical (unpaired) electrons. The Morgan fingerprint density at radius 1 is 0.966 bits per heavy atom. The first-order valence-electron chi connectivity index (χ1n) is 9.24. The van der Waals surface area contributed by atoms with Crippen LogP contribution in [0, 0.1) is 11.3 Å². The number of hydrogen-bond donors (Lipinski definition) is 1. The normalized spacial score (nSPS) is 10.4. The van der Waals surface area contributed by atoms with E-state index < -0.39 is 0 Å². The van der Waals surface area contributed by atoms with E-state index in [2.05, 4.69) is 26.3 Å². The number of halogens is 2. The second kappa shape index (κ2) is 9.55. The van der Waals surface area contributed by atoms with Gasteiger partial charge in [0.2, 0.25) is 11.9 Å². The molecule has 6 nitrogen and oxygen atoms in total. The van der Waals surface area contributed by atoms with Crippen LogP contribution in [0.3, 0.4) is 0 Å².